The van der Waals surface area contributed by atoms with Gasteiger partial charge in [-0.3, -0.25) is 4.79 Å². The lowest BCUT2D eigenvalue weighted by Crippen LogP contribution is -2.40. The van der Waals surface area contributed by atoms with E-state index in [1.807, 2.05) is 32.0 Å². The highest BCUT2D eigenvalue weighted by Gasteiger charge is 2.26. The van der Waals surface area contributed by atoms with Crippen LogP contribution < -0.4 is 20.1 Å². The molecule has 1 atom stereocenters. The van der Waals surface area contributed by atoms with Crippen LogP contribution in [0.5, 0.6) is 11.5 Å². The minimum absolute atomic E-state index is 0. The molecular weight excluding hydrogens is 352 g/mol. The van der Waals surface area contributed by atoms with E-state index in [4.69, 9.17) is 9.47 Å². The minimum atomic E-state index is -0.0303. The SMILES string of the molecule is CCOc1ccc(C(NC(=O)C2CCNCC2)C(C)C)cc1OCC.Cl. The van der Waals surface area contributed by atoms with Crippen LogP contribution in [0.25, 0.3) is 0 Å². The summed E-state index contributed by atoms with van der Waals surface area (Å²) in [6.07, 6.45) is 1.81. The molecule has 6 heteroatoms. The molecule has 1 aliphatic rings. The van der Waals surface area contributed by atoms with E-state index in [1.54, 1.807) is 0 Å². The fourth-order valence-corrected chi connectivity index (χ4v) is 3.25. The Morgan fingerprint density at radius 3 is 2.35 bits per heavy atom. The molecule has 0 aliphatic carbocycles. The van der Waals surface area contributed by atoms with Crippen molar-refractivity contribution >= 4 is 18.3 Å². The van der Waals surface area contributed by atoms with E-state index in [9.17, 15) is 4.79 Å². The maximum atomic E-state index is 12.7. The van der Waals surface area contributed by atoms with Gasteiger partial charge < -0.3 is 20.1 Å². The van der Waals surface area contributed by atoms with Crippen LogP contribution in [0.3, 0.4) is 0 Å². The first-order valence-electron chi connectivity index (χ1n) is 9.47. The molecule has 1 aliphatic heterocycles. The normalized spacial score (nSPS) is 15.9. The van der Waals surface area contributed by atoms with Crippen LogP contribution in [0.2, 0.25) is 0 Å². The molecule has 1 unspecified atom stereocenters. The molecule has 5 nitrogen and oxygen atoms in total. The van der Waals surface area contributed by atoms with Gasteiger partial charge in [0.15, 0.2) is 11.5 Å². The summed E-state index contributed by atoms with van der Waals surface area (Å²) < 4.78 is 11.4. The molecule has 26 heavy (non-hydrogen) atoms. The van der Waals surface area contributed by atoms with E-state index in [0.29, 0.717) is 13.2 Å². The monoisotopic (exact) mass is 384 g/mol. The number of hydrogen-bond donors (Lipinski definition) is 2. The van der Waals surface area contributed by atoms with Gasteiger partial charge in [0, 0.05) is 5.92 Å². The first-order valence-corrected chi connectivity index (χ1v) is 9.47. The second-order valence-electron chi connectivity index (χ2n) is 6.83. The first-order chi connectivity index (χ1) is 12.1. The van der Waals surface area contributed by atoms with Crippen molar-refractivity contribution in [3.8, 4) is 11.5 Å². The van der Waals surface area contributed by atoms with Crippen LogP contribution >= 0.6 is 12.4 Å². The molecule has 0 spiro atoms. The van der Waals surface area contributed by atoms with Gasteiger partial charge in [-0.1, -0.05) is 19.9 Å². The number of ether oxygens (including phenoxy) is 2. The number of benzene rings is 1. The topological polar surface area (TPSA) is 59.6 Å². The molecule has 1 saturated heterocycles. The number of hydrogen-bond acceptors (Lipinski definition) is 4. The van der Waals surface area contributed by atoms with E-state index in [-0.39, 0.29) is 36.2 Å². The molecule has 1 aromatic carbocycles. The van der Waals surface area contributed by atoms with Crippen molar-refractivity contribution in [2.24, 2.45) is 11.8 Å². The first kappa shape index (κ1) is 22.6. The summed E-state index contributed by atoms with van der Waals surface area (Å²) in [4.78, 5) is 12.7. The van der Waals surface area contributed by atoms with Crippen molar-refractivity contribution in [3.05, 3.63) is 23.8 Å². The molecule has 1 heterocycles. The molecule has 0 aromatic heterocycles. The number of rotatable bonds is 8. The highest BCUT2D eigenvalue weighted by atomic mass is 35.5. The van der Waals surface area contributed by atoms with Gasteiger partial charge in [-0.05, 0) is 63.4 Å². The Bertz CT molecular complexity index is 560. The van der Waals surface area contributed by atoms with Crippen molar-refractivity contribution in [1.82, 2.24) is 10.6 Å². The van der Waals surface area contributed by atoms with Crippen molar-refractivity contribution in [2.75, 3.05) is 26.3 Å². The fraction of sp³-hybridized carbons (Fsp3) is 0.650. The van der Waals surface area contributed by atoms with E-state index >= 15 is 0 Å². The molecular formula is C20H33ClN2O3. The van der Waals surface area contributed by atoms with Gasteiger partial charge in [-0.2, -0.15) is 0 Å². The number of piperidine rings is 1. The molecule has 148 valence electrons. The van der Waals surface area contributed by atoms with Gasteiger partial charge >= 0.3 is 0 Å². The average molecular weight is 385 g/mol. The quantitative estimate of drug-likeness (QED) is 0.717. The highest BCUT2D eigenvalue weighted by molar-refractivity contribution is 5.85. The Morgan fingerprint density at radius 2 is 1.77 bits per heavy atom. The smallest absolute Gasteiger partial charge is 0.223 e. The third-order valence-electron chi connectivity index (χ3n) is 4.60. The highest BCUT2D eigenvalue weighted by Crippen LogP contribution is 2.33. The zero-order valence-electron chi connectivity index (χ0n) is 16.3. The molecule has 1 amide bonds. The number of nitrogens with one attached hydrogen (secondary N) is 2. The second kappa shape index (κ2) is 11.3. The lowest BCUT2D eigenvalue weighted by molar-refractivity contribution is -0.126. The Balaban J connectivity index is 0.00000338. The summed E-state index contributed by atoms with van der Waals surface area (Å²) in [6, 6.07) is 5.94. The van der Waals surface area contributed by atoms with Crippen LogP contribution in [0.15, 0.2) is 18.2 Å². The maximum absolute atomic E-state index is 12.7. The fourth-order valence-electron chi connectivity index (χ4n) is 3.25. The van der Waals surface area contributed by atoms with Gasteiger partial charge in [0.05, 0.1) is 19.3 Å². The lowest BCUT2D eigenvalue weighted by Gasteiger charge is -2.28. The van der Waals surface area contributed by atoms with Crippen LogP contribution in [-0.2, 0) is 4.79 Å². The summed E-state index contributed by atoms with van der Waals surface area (Å²) in [5, 5.41) is 6.57. The average Bonchev–Trinajstić information content (AvgIpc) is 2.62. The predicted molar refractivity (Wildman–Crippen MR) is 107 cm³/mol. The number of carbonyl (C=O) groups is 1. The van der Waals surface area contributed by atoms with Crippen LogP contribution in [0.4, 0.5) is 0 Å². The van der Waals surface area contributed by atoms with Crippen molar-refractivity contribution in [1.29, 1.82) is 0 Å². The van der Waals surface area contributed by atoms with Crippen molar-refractivity contribution < 1.29 is 14.3 Å². The standard InChI is InChI=1S/C20H32N2O3.ClH/c1-5-24-17-8-7-16(13-18(17)25-6-2)19(14(3)4)22-20(23)15-9-11-21-12-10-15;/h7-8,13-15,19,21H,5-6,9-12H2,1-4H3,(H,22,23);1H. The molecule has 0 saturated carbocycles. The van der Waals surface area contributed by atoms with Gasteiger partial charge in [0.25, 0.3) is 0 Å². The third kappa shape index (κ3) is 6.06. The van der Waals surface area contributed by atoms with Crippen LogP contribution in [0.1, 0.15) is 52.1 Å². The number of halogens is 1. The zero-order valence-corrected chi connectivity index (χ0v) is 17.2. The lowest BCUT2D eigenvalue weighted by atomic mass is 9.92. The molecule has 1 fully saturated rings. The van der Waals surface area contributed by atoms with E-state index < -0.39 is 0 Å². The third-order valence-corrected chi connectivity index (χ3v) is 4.60. The largest absolute Gasteiger partial charge is 0.490 e. The molecule has 1 aromatic rings. The molecule has 0 bridgehead atoms. The van der Waals surface area contributed by atoms with Gasteiger partial charge in [-0.15, -0.1) is 12.4 Å². The van der Waals surface area contributed by atoms with E-state index in [2.05, 4.69) is 24.5 Å². The van der Waals surface area contributed by atoms with Crippen LogP contribution in [0, 0.1) is 11.8 Å². The van der Waals surface area contributed by atoms with Crippen LogP contribution in [-0.4, -0.2) is 32.2 Å². The Hall–Kier alpha value is -1.46. The summed E-state index contributed by atoms with van der Waals surface area (Å²) in [5.74, 6) is 2.05. The Labute approximate surface area is 163 Å². The minimum Gasteiger partial charge on any atom is -0.490 e. The Morgan fingerprint density at radius 1 is 1.15 bits per heavy atom. The van der Waals surface area contributed by atoms with Crippen molar-refractivity contribution in [2.45, 2.75) is 46.6 Å². The summed E-state index contributed by atoms with van der Waals surface area (Å²) in [7, 11) is 0. The molecule has 0 radical (unpaired) electrons. The van der Waals surface area contributed by atoms with E-state index in [1.165, 1.54) is 0 Å². The Kier molecular flexibility index (Phi) is 9.81. The summed E-state index contributed by atoms with van der Waals surface area (Å²) in [6.45, 7) is 11.2. The second-order valence-corrected chi connectivity index (χ2v) is 6.83. The predicted octanol–water partition coefficient (Wildman–Crippen LogP) is 3.72. The van der Waals surface area contributed by atoms with E-state index in [0.717, 1.165) is 43.0 Å². The van der Waals surface area contributed by atoms with Gasteiger partial charge in [-0.25, -0.2) is 0 Å². The van der Waals surface area contributed by atoms with Gasteiger partial charge in [0.1, 0.15) is 0 Å². The maximum Gasteiger partial charge on any atom is 0.223 e. The van der Waals surface area contributed by atoms with Crippen molar-refractivity contribution in [3.63, 3.8) is 0 Å². The molecule has 2 rings (SSSR count). The summed E-state index contributed by atoms with van der Waals surface area (Å²) >= 11 is 0. The zero-order chi connectivity index (χ0) is 18.2. The van der Waals surface area contributed by atoms with Gasteiger partial charge in [0.2, 0.25) is 5.91 Å². The number of amides is 1. The number of carbonyl (C=O) groups excluding carboxylic acids is 1. The summed E-state index contributed by atoms with van der Waals surface area (Å²) in [5.41, 5.74) is 1.06. The molecule has 2 N–H and O–H groups in total.